The maximum absolute atomic E-state index is 4.14. The van der Waals surface area contributed by atoms with Gasteiger partial charge in [0.15, 0.2) is 0 Å². The summed E-state index contributed by atoms with van der Waals surface area (Å²) in [5.74, 6) is 0. The standard InChI is InChI=1S/C13H14BrN3/c1-10(12-2-4-15-5-3-12)17-8-11-6-13(14)9-16-7-11/h2-7,9-10,17H,8H2,1H3. The quantitative estimate of drug-likeness (QED) is 0.941. The van der Waals surface area contributed by atoms with E-state index in [0.717, 1.165) is 11.0 Å². The van der Waals surface area contributed by atoms with Gasteiger partial charge in [-0.05, 0) is 52.2 Å². The second-order valence-corrected chi connectivity index (χ2v) is 4.81. The summed E-state index contributed by atoms with van der Waals surface area (Å²) >= 11 is 3.42. The molecule has 0 spiro atoms. The molecular formula is C13H14BrN3. The summed E-state index contributed by atoms with van der Waals surface area (Å²) in [6, 6.07) is 6.42. The maximum Gasteiger partial charge on any atom is 0.0410 e. The summed E-state index contributed by atoms with van der Waals surface area (Å²) in [5.41, 5.74) is 2.41. The third-order valence-electron chi connectivity index (χ3n) is 2.58. The third-order valence-corrected chi connectivity index (χ3v) is 3.01. The number of hydrogen-bond acceptors (Lipinski definition) is 3. The van der Waals surface area contributed by atoms with E-state index in [1.54, 1.807) is 6.20 Å². The first-order chi connectivity index (χ1) is 8.25. The minimum atomic E-state index is 0.303. The Balaban J connectivity index is 1.95. The molecule has 0 aliphatic carbocycles. The Kier molecular flexibility index (Phi) is 4.23. The Morgan fingerprint density at radius 2 is 2.00 bits per heavy atom. The number of nitrogens with one attached hydrogen (secondary N) is 1. The van der Waals surface area contributed by atoms with Crippen molar-refractivity contribution < 1.29 is 0 Å². The van der Waals surface area contributed by atoms with Crippen LogP contribution >= 0.6 is 15.9 Å². The summed E-state index contributed by atoms with van der Waals surface area (Å²) in [4.78, 5) is 8.15. The Morgan fingerprint density at radius 1 is 1.24 bits per heavy atom. The lowest BCUT2D eigenvalue weighted by atomic mass is 10.1. The molecule has 2 rings (SSSR count). The minimum absolute atomic E-state index is 0.303. The van der Waals surface area contributed by atoms with Crippen molar-refractivity contribution in [2.75, 3.05) is 0 Å². The van der Waals surface area contributed by atoms with Crippen molar-refractivity contribution in [3.05, 3.63) is 58.6 Å². The first-order valence-corrected chi connectivity index (χ1v) is 6.28. The van der Waals surface area contributed by atoms with Crippen LogP contribution in [0.5, 0.6) is 0 Å². The van der Waals surface area contributed by atoms with Crippen LogP contribution in [-0.4, -0.2) is 9.97 Å². The van der Waals surface area contributed by atoms with Gasteiger partial charge in [0.05, 0.1) is 0 Å². The molecule has 1 unspecified atom stereocenters. The molecular weight excluding hydrogens is 278 g/mol. The first-order valence-electron chi connectivity index (χ1n) is 5.48. The lowest BCUT2D eigenvalue weighted by molar-refractivity contribution is 0.573. The Hall–Kier alpha value is -1.26. The number of pyridine rings is 2. The van der Waals surface area contributed by atoms with Gasteiger partial charge in [-0.25, -0.2) is 0 Å². The average Bonchev–Trinajstić information content (AvgIpc) is 2.37. The lowest BCUT2D eigenvalue weighted by Crippen LogP contribution is -2.18. The second kappa shape index (κ2) is 5.89. The molecule has 2 aromatic heterocycles. The number of nitrogens with zero attached hydrogens (tertiary/aromatic N) is 2. The van der Waals surface area contributed by atoms with Gasteiger partial charge in [0.25, 0.3) is 0 Å². The zero-order chi connectivity index (χ0) is 12.1. The molecule has 0 aromatic carbocycles. The van der Waals surface area contributed by atoms with Crippen LogP contribution in [0.25, 0.3) is 0 Å². The van der Waals surface area contributed by atoms with E-state index < -0.39 is 0 Å². The highest BCUT2D eigenvalue weighted by molar-refractivity contribution is 9.10. The SMILES string of the molecule is CC(NCc1cncc(Br)c1)c1ccncc1. The van der Waals surface area contributed by atoms with E-state index in [4.69, 9.17) is 0 Å². The molecule has 4 heteroatoms. The molecule has 0 saturated carbocycles. The van der Waals surface area contributed by atoms with E-state index in [1.165, 1.54) is 11.1 Å². The van der Waals surface area contributed by atoms with Gasteiger partial charge in [0.2, 0.25) is 0 Å². The van der Waals surface area contributed by atoms with Crippen LogP contribution in [0.3, 0.4) is 0 Å². The summed E-state index contributed by atoms with van der Waals surface area (Å²) in [5, 5.41) is 3.45. The van der Waals surface area contributed by atoms with Gasteiger partial charge in [-0.3, -0.25) is 9.97 Å². The van der Waals surface area contributed by atoms with Crippen molar-refractivity contribution in [3.8, 4) is 0 Å². The van der Waals surface area contributed by atoms with Crippen molar-refractivity contribution in [2.45, 2.75) is 19.5 Å². The van der Waals surface area contributed by atoms with Crippen LogP contribution in [0.4, 0.5) is 0 Å². The molecule has 0 aliphatic heterocycles. The van der Waals surface area contributed by atoms with Crippen LogP contribution in [0, 0.1) is 0 Å². The second-order valence-electron chi connectivity index (χ2n) is 3.89. The fourth-order valence-corrected chi connectivity index (χ4v) is 2.01. The summed E-state index contributed by atoms with van der Waals surface area (Å²) < 4.78 is 1.01. The molecule has 2 heterocycles. The van der Waals surface area contributed by atoms with Gasteiger partial charge in [-0.2, -0.15) is 0 Å². The van der Waals surface area contributed by atoms with Crippen molar-refractivity contribution >= 4 is 15.9 Å². The topological polar surface area (TPSA) is 37.8 Å². The van der Waals surface area contributed by atoms with Crippen molar-refractivity contribution in [2.24, 2.45) is 0 Å². The number of rotatable bonds is 4. The van der Waals surface area contributed by atoms with Crippen molar-refractivity contribution in [1.29, 1.82) is 0 Å². The monoisotopic (exact) mass is 291 g/mol. The number of halogens is 1. The Bertz CT molecular complexity index is 473. The first kappa shape index (κ1) is 12.2. The predicted molar refractivity (Wildman–Crippen MR) is 71.4 cm³/mol. The Labute approximate surface area is 109 Å². The fraction of sp³-hybridized carbons (Fsp3) is 0.231. The van der Waals surface area contributed by atoms with Gasteiger partial charge in [-0.15, -0.1) is 0 Å². The molecule has 1 atom stereocenters. The van der Waals surface area contributed by atoms with E-state index >= 15 is 0 Å². The van der Waals surface area contributed by atoms with Crippen molar-refractivity contribution in [1.82, 2.24) is 15.3 Å². The molecule has 1 N–H and O–H groups in total. The predicted octanol–water partition coefficient (Wildman–Crippen LogP) is 3.09. The molecule has 0 bridgehead atoms. The van der Waals surface area contributed by atoms with Gasteiger partial charge in [-0.1, -0.05) is 0 Å². The molecule has 3 nitrogen and oxygen atoms in total. The lowest BCUT2D eigenvalue weighted by Gasteiger charge is -2.13. The van der Waals surface area contributed by atoms with Crippen LogP contribution in [0.15, 0.2) is 47.5 Å². The minimum Gasteiger partial charge on any atom is -0.306 e. The molecule has 0 fully saturated rings. The van der Waals surface area contributed by atoms with Crippen LogP contribution in [0.1, 0.15) is 24.1 Å². The van der Waals surface area contributed by atoms with Crippen LogP contribution in [0.2, 0.25) is 0 Å². The maximum atomic E-state index is 4.14. The largest absolute Gasteiger partial charge is 0.306 e. The van der Waals surface area contributed by atoms with Crippen molar-refractivity contribution in [3.63, 3.8) is 0 Å². The zero-order valence-corrected chi connectivity index (χ0v) is 11.2. The van der Waals surface area contributed by atoms with E-state index in [2.05, 4.69) is 44.2 Å². The molecule has 0 aliphatic rings. The van der Waals surface area contributed by atoms with Gasteiger partial charge in [0.1, 0.15) is 0 Å². The molecule has 0 amide bonds. The average molecular weight is 292 g/mol. The Morgan fingerprint density at radius 3 is 2.71 bits per heavy atom. The van der Waals surface area contributed by atoms with Gasteiger partial charge >= 0.3 is 0 Å². The van der Waals surface area contributed by atoms with Crippen LogP contribution < -0.4 is 5.32 Å². The highest BCUT2D eigenvalue weighted by atomic mass is 79.9. The fourth-order valence-electron chi connectivity index (χ4n) is 1.59. The van der Waals surface area contributed by atoms with E-state index in [9.17, 15) is 0 Å². The van der Waals surface area contributed by atoms with E-state index in [0.29, 0.717) is 6.04 Å². The zero-order valence-electron chi connectivity index (χ0n) is 9.60. The summed E-state index contributed by atoms with van der Waals surface area (Å²) in [6.07, 6.45) is 7.29. The van der Waals surface area contributed by atoms with E-state index in [1.807, 2.05) is 30.7 Å². The van der Waals surface area contributed by atoms with Crippen LogP contribution in [-0.2, 0) is 6.54 Å². The molecule has 88 valence electrons. The normalized spacial score (nSPS) is 12.4. The summed E-state index contributed by atoms with van der Waals surface area (Å²) in [6.45, 7) is 2.94. The highest BCUT2D eigenvalue weighted by Gasteiger charge is 2.04. The van der Waals surface area contributed by atoms with E-state index in [-0.39, 0.29) is 0 Å². The number of hydrogen-bond donors (Lipinski definition) is 1. The molecule has 0 radical (unpaired) electrons. The van der Waals surface area contributed by atoms with Gasteiger partial charge in [0, 0.05) is 41.8 Å². The molecule has 0 saturated heterocycles. The number of aromatic nitrogens is 2. The smallest absolute Gasteiger partial charge is 0.0410 e. The van der Waals surface area contributed by atoms with Gasteiger partial charge < -0.3 is 5.32 Å². The highest BCUT2D eigenvalue weighted by Crippen LogP contribution is 2.13. The molecule has 2 aromatic rings. The summed E-state index contributed by atoms with van der Waals surface area (Å²) in [7, 11) is 0. The molecule has 17 heavy (non-hydrogen) atoms. The third kappa shape index (κ3) is 3.61.